The van der Waals surface area contributed by atoms with Gasteiger partial charge in [0, 0.05) is 11.4 Å². The summed E-state index contributed by atoms with van der Waals surface area (Å²) in [6, 6.07) is 9.20. The number of nitrogens with one attached hydrogen (secondary N) is 1. The van der Waals surface area contributed by atoms with Crippen molar-refractivity contribution in [1.82, 2.24) is 4.98 Å². The maximum absolute atomic E-state index is 11.3. The Morgan fingerprint density at radius 3 is 2.95 bits per heavy atom. The number of benzene rings is 1. The molecule has 2 rings (SSSR count). The van der Waals surface area contributed by atoms with E-state index in [-0.39, 0.29) is 11.6 Å². The van der Waals surface area contributed by atoms with Crippen molar-refractivity contribution in [3.8, 4) is 0 Å². The normalized spacial score (nSPS) is 12.1. The molecule has 0 bridgehead atoms. The van der Waals surface area contributed by atoms with Crippen LogP contribution in [-0.4, -0.2) is 22.1 Å². The van der Waals surface area contributed by atoms with Crippen molar-refractivity contribution in [3.05, 3.63) is 48.6 Å². The number of carboxylic acid groups (broad SMARTS) is 1. The molecule has 0 saturated carbocycles. The fraction of sp³-hybridized carbons (Fsp3) is 0.200. The van der Waals surface area contributed by atoms with E-state index in [1.165, 1.54) is 0 Å². The highest BCUT2D eigenvalue weighted by Crippen LogP contribution is 2.21. The summed E-state index contributed by atoms with van der Waals surface area (Å²) >= 11 is 0. The van der Waals surface area contributed by atoms with E-state index in [2.05, 4.69) is 16.9 Å². The van der Waals surface area contributed by atoms with E-state index in [9.17, 15) is 9.90 Å². The molecule has 98 valence electrons. The van der Waals surface area contributed by atoms with Gasteiger partial charge in [-0.05, 0) is 25.5 Å². The number of hydrogen-bond donors (Lipinski definition) is 2. The van der Waals surface area contributed by atoms with Crippen LogP contribution in [0.3, 0.4) is 0 Å². The Balaban J connectivity index is 2.47. The molecule has 0 saturated heterocycles. The van der Waals surface area contributed by atoms with Crippen LogP contribution >= 0.6 is 0 Å². The second-order valence-electron chi connectivity index (χ2n) is 4.45. The van der Waals surface area contributed by atoms with Gasteiger partial charge < -0.3 is 10.4 Å². The van der Waals surface area contributed by atoms with Crippen molar-refractivity contribution in [3.63, 3.8) is 0 Å². The number of pyridine rings is 1. The lowest BCUT2D eigenvalue weighted by Gasteiger charge is -2.15. The van der Waals surface area contributed by atoms with E-state index in [4.69, 9.17) is 0 Å². The van der Waals surface area contributed by atoms with Crippen molar-refractivity contribution < 1.29 is 9.90 Å². The van der Waals surface area contributed by atoms with Gasteiger partial charge in [-0.25, -0.2) is 9.78 Å². The quantitative estimate of drug-likeness (QED) is 0.806. The van der Waals surface area contributed by atoms with E-state index < -0.39 is 5.97 Å². The van der Waals surface area contributed by atoms with Gasteiger partial charge in [0.2, 0.25) is 0 Å². The molecular weight excluding hydrogens is 240 g/mol. The number of aromatic carboxylic acids is 1. The first-order valence-electron chi connectivity index (χ1n) is 6.12. The minimum Gasteiger partial charge on any atom is -0.478 e. The highest BCUT2D eigenvalue weighted by Gasteiger charge is 2.14. The fourth-order valence-corrected chi connectivity index (χ4v) is 1.93. The SMILES string of the molecule is C=CCC(C)Nc1nc2ccccc2cc1C(=O)O. The molecule has 1 atom stereocenters. The molecule has 0 amide bonds. The maximum atomic E-state index is 11.3. The van der Waals surface area contributed by atoms with Gasteiger partial charge in [0.25, 0.3) is 0 Å². The topological polar surface area (TPSA) is 62.2 Å². The van der Waals surface area contributed by atoms with E-state index in [0.29, 0.717) is 5.82 Å². The molecule has 0 aliphatic carbocycles. The summed E-state index contributed by atoms with van der Waals surface area (Å²) in [5.41, 5.74) is 0.968. The molecule has 0 spiro atoms. The second-order valence-corrected chi connectivity index (χ2v) is 4.45. The lowest BCUT2D eigenvalue weighted by molar-refractivity contribution is 0.0697. The first-order chi connectivity index (χ1) is 9.11. The Kier molecular flexibility index (Phi) is 3.80. The third-order valence-corrected chi connectivity index (χ3v) is 2.86. The molecule has 1 unspecified atom stereocenters. The monoisotopic (exact) mass is 256 g/mol. The Morgan fingerprint density at radius 2 is 2.26 bits per heavy atom. The van der Waals surface area contributed by atoms with Crippen LogP contribution in [0.25, 0.3) is 10.9 Å². The molecule has 1 aromatic heterocycles. The van der Waals surface area contributed by atoms with Gasteiger partial charge in [-0.2, -0.15) is 0 Å². The minimum absolute atomic E-state index is 0.0873. The number of hydrogen-bond acceptors (Lipinski definition) is 3. The third kappa shape index (κ3) is 2.91. The zero-order valence-corrected chi connectivity index (χ0v) is 10.8. The summed E-state index contributed by atoms with van der Waals surface area (Å²) in [7, 11) is 0. The average Bonchev–Trinajstić information content (AvgIpc) is 2.38. The number of fused-ring (bicyclic) bond motifs is 1. The predicted octanol–water partition coefficient (Wildman–Crippen LogP) is 3.31. The van der Waals surface area contributed by atoms with Gasteiger partial charge in [-0.3, -0.25) is 0 Å². The molecule has 4 heteroatoms. The van der Waals surface area contributed by atoms with Crippen LogP contribution in [0.5, 0.6) is 0 Å². The van der Waals surface area contributed by atoms with Gasteiger partial charge in [0.15, 0.2) is 0 Å². The van der Waals surface area contributed by atoms with Crippen LogP contribution in [0.15, 0.2) is 43.0 Å². The van der Waals surface area contributed by atoms with E-state index in [1.807, 2.05) is 31.2 Å². The predicted molar refractivity (Wildman–Crippen MR) is 76.6 cm³/mol. The molecule has 1 heterocycles. The molecule has 4 nitrogen and oxygen atoms in total. The van der Waals surface area contributed by atoms with E-state index >= 15 is 0 Å². The van der Waals surface area contributed by atoms with Crippen LogP contribution in [0.4, 0.5) is 5.82 Å². The van der Waals surface area contributed by atoms with Crippen LogP contribution in [0.1, 0.15) is 23.7 Å². The molecular formula is C15H16N2O2. The maximum Gasteiger partial charge on any atom is 0.339 e. The summed E-state index contributed by atoms with van der Waals surface area (Å²) in [5.74, 6) is -0.577. The largest absolute Gasteiger partial charge is 0.478 e. The van der Waals surface area contributed by atoms with Gasteiger partial charge in [0.05, 0.1) is 5.52 Å². The molecule has 0 aliphatic heterocycles. The molecule has 0 aliphatic rings. The fourth-order valence-electron chi connectivity index (χ4n) is 1.93. The Bertz CT molecular complexity index is 623. The zero-order valence-electron chi connectivity index (χ0n) is 10.8. The van der Waals surface area contributed by atoms with E-state index in [0.717, 1.165) is 17.3 Å². The number of anilines is 1. The molecule has 0 fully saturated rings. The summed E-state index contributed by atoms with van der Waals surface area (Å²) < 4.78 is 0. The lowest BCUT2D eigenvalue weighted by Crippen LogP contribution is -2.17. The number of nitrogens with zero attached hydrogens (tertiary/aromatic N) is 1. The number of rotatable bonds is 5. The molecule has 19 heavy (non-hydrogen) atoms. The molecule has 0 radical (unpaired) electrons. The summed E-state index contributed by atoms with van der Waals surface area (Å²) in [6.07, 6.45) is 2.53. The van der Waals surface area contributed by atoms with Crippen molar-refractivity contribution in [2.45, 2.75) is 19.4 Å². The van der Waals surface area contributed by atoms with Gasteiger partial charge in [-0.15, -0.1) is 6.58 Å². The zero-order chi connectivity index (χ0) is 13.8. The first-order valence-corrected chi connectivity index (χ1v) is 6.12. The van der Waals surface area contributed by atoms with Crippen LogP contribution in [0, 0.1) is 0 Å². The van der Waals surface area contributed by atoms with Gasteiger partial charge >= 0.3 is 5.97 Å². The van der Waals surface area contributed by atoms with Crippen molar-refractivity contribution in [2.24, 2.45) is 0 Å². The van der Waals surface area contributed by atoms with Gasteiger partial charge in [0.1, 0.15) is 11.4 Å². The minimum atomic E-state index is -0.980. The standard InChI is InChI=1S/C15H16N2O2/c1-3-6-10(2)16-14-12(15(18)19)9-11-7-4-5-8-13(11)17-14/h3-5,7-10H,1,6H2,2H3,(H,16,17)(H,18,19). The Morgan fingerprint density at radius 1 is 1.53 bits per heavy atom. The Hall–Kier alpha value is -2.36. The molecule has 2 aromatic rings. The highest BCUT2D eigenvalue weighted by molar-refractivity contribution is 5.98. The summed E-state index contributed by atoms with van der Waals surface area (Å²) in [6.45, 7) is 5.64. The number of aromatic nitrogens is 1. The molecule has 2 N–H and O–H groups in total. The first kappa shape index (κ1) is 13.1. The van der Waals surface area contributed by atoms with Crippen LogP contribution in [0.2, 0.25) is 0 Å². The van der Waals surface area contributed by atoms with Crippen LogP contribution in [-0.2, 0) is 0 Å². The van der Waals surface area contributed by atoms with Crippen molar-refractivity contribution in [1.29, 1.82) is 0 Å². The number of para-hydroxylation sites is 1. The van der Waals surface area contributed by atoms with Crippen molar-refractivity contribution in [2.75, 3.05) is 5.32 Å². The van der Waals surface area contributed by atoms with Crippen LogP contribution < -0.4 is 5.32 Å². The highest BCUT2D eigenvalue weighted by atomic mass is 16.4. The van der Waals surface area contributed by atoms with E-state index in [1.54, 1.807) is 12.1 Å². The van der Waals surface area contributed by atoms with Gasteiger partial charge in [-0.1, -0.05) is 24.3 Å². The summed E-state index contributed by atoms with van der Waals surface area (Å²) in [4.78, 5) is 15.7. The number of carbonyl (C=O) groups is 1. The number of carboxylic acids is 1. The second kappa shape index (κ2) is 5.52. The lowest BCUT2D eigenvalue weighted by atomic mass is 10.1. The smallest absolute Gasteiger partial charge is 0.339 e. The molecule has 1 aromatic carbocycles. The average molecular weight is 256 g/mol. The Labute approximate surface area is 111 Å². The summed E-state index contributed by atoms with van der Waals surface area (Å²) in [5, 5.41) is 13.2. The third-order valence-electron chi connectivity index (χ3n) is 2.86. The van der Waals surface area contributed by atoms with Crippen molar-refractivity contribution >= 4 is 22.7 Å².